The molecule has 7 heteroatoms. The number of furan rings is 1. The molecule has 4 rings (SSSR count). The number of nitrogens with zero attached hydrogens (tertiary/aromatic N) is 2. The zero-order valence-corrected chi connectivity index (χ0v) is 17.2. The van der Waals surface area contributed by atoms with Gasteiger partial charge in [-0.05, 0) is 44.4 Å². The Morgan fingerprint density at radius 3 is 2.67 bits per heavy atom. The normalized spacial score (nSPS) is 15.0. The van der Waals surface area contributed by atoms with Gasteiger partial charge in [-0.1, -0.05) is 12.1 Å². The molecule has 1 saturated heterocycles. The van der Waals surface area contributed by atoms with Gasteiger partial charge in [-0.3, -0.25) is 9.59 Å². The number of carbonyl (C=O) groups is 2. The third-order valence-corrected chi connectivity index (χ3v) is 5.56. The van der Waals surface area contributed by atoms with Crippen molar-refractivity contribution in [1.29, 1.82) is 0 Å². The Balaban J connectivity index is 1.58. The van der Waals surface area contributed by atoms with Crippen molar-refractivity contribution in [2.24, 2.45) is 5.92 Å². The summed E-state index contributed by atoms with van der Waals surface area (Å²) in [4.78, 5) is 27.0. The molecule has 0 bridgehead atoms. The zero-order chi connectivity index (χ0) is 21.3. The number of benzene rings is 1. The Morgan fingerprint density at radius 2 is 1.97 bits per heavy atom. The van der Waals surface area contributed by atoms with E-state index < -0.39 is 0 Å². The van der Waals surface area contributed by atoms with E-state index >= 15 is 0 Å². The second-order valence-corrected chi connectivity index (χ2v) is 7.67. The molecule has 3 heterocycles. The van der Waals surface area contributed by atoms with E-state index in [1.54, 1.807) is 24.0 Å². The molecule has 0 aliphatic carbocycles. The van der Waals surface area contributed by atoms with Crippen LogP contribution in [0.2, 0.25) is 0 Å². The summed E-state index contributed by atoms with van der Waals surface area (Å²) < 4.78 is 26.4. The summed E-state index contributed by atoms with van der Waals surface area (Å²) in [5.74, 6) is -0.0211. The maximum absolute atomic E-state index is 13.7. The average Bonchev–Trinajstić information content (AvgIpc) is 3.25. The second kappa shape index (κ2) is 8.34. The van der Waals surface area contributed by atoms with Gasteiger partial charge in [0.05, 0.1) is 18.0 Å². The Hall–Kier alpha value is -3.09. The lowest BCUT2D eigenvalue weighted by atomic mass is 9.97. The minimum Gasteiger partial charge on any atom is -0.466 e. The number of amides is 1. The van der Waals surface area contributed by atoms with Crippen LogP contribution in [0.15, 0.2) is 40.8 Å². The fourth-order valence-electron chi connectivity index (χ4n) is 4.07. The highest BCUT2D eigenvalue weighted by atomic mass is 19.1. The molecule has 1 aliphatic heterocycles. The molecular weight excluding hydrogens is 387 g/mol. The number of hydrogen-bond donors (Lipinski definition) is 0. The molecule has 1 fully saturated rings. The first-order valence-corrected chi connectivity index (χ1v) is 10.3. The average molecular weight is 412 g/mol. The number of piperidine rings is 1. The summed E-state index contributed by atoms with van der Waals surface area (Å²) in [5, 5.41) is 0. The minimum atomic E-state index is -0.312. The molecule has 1 aromatic carbocycles. The Morgan fingerprint density at radius 1 is 1.20 bits per heavy atom. The fraction of sp³-hybridized carbons (Fsp3) is 0.391. The Labute approximate surface area is 174 Å². The predicted octanol–water partition coefficient (Wildman–Crippen LogP) is 4.15. The van der Waals surface area contributed by atoms with Gasteiger partial charge in [-0.15, -0.1) is 0 Å². The van der Waals surface area contributed by atoms with Gasteiger partial charge in [-0.2, -0.15) is 0 Å². The van der Waals surface area contributed by atoms with Crippen molar-refractivity contribution in [3.05, 3.63) is 59.2 Å². The first-order valence-electron chi connectivity index (χ1n) is 10.3. The van der Waals surface area contributed by atoms with Gasteiger partial charge in [-0.25, -0.2) is 4.39 Å². The van der Waals surface area contributed by atoms with Gasteiger partial charge in [0.1, 0.15) is 17.3 Å². The number of aryl methyl sites for hydroxylation is 1. The van der Waals surface area contributed by atoms with Crippen molar-refractivity contribution in [1.82, 2.24) is 9.47 Å². The number of ether oxygens (including phenoxy) is 1. The Bertz CT molecular complexity index is 1080. The molecule has 0 unspecified atom stereocenters. The van der Waals surface area contributed by atoms with Crippen LogP contribution in [0.3, 0.4) is 0 Å². The minimum absolute atomic E-state index is 0.113. The van der Waals surface area contributed by atoms with Gasteiger partial charge in [0.2, 0.25) is 0 Å². The van der Waals surface area contributed by atoms with E-state index in [0.717, 1.165) is 16.8 Å². The maximum Gasteiger partial charge on any atom is 0.309 e. The van der Waals surface area contributed by atoms with Crippen LogP contribution in [0.25, 0.3) is 11.1 Å². The number of rotatable bonds is 5. The zero-order valence-electron chi connectivity index (χ0n) is 17.2. The smallest absolute Gasteiger partial charge is 0.309 e. The molecule has 2 aromatic heterocycles. The van der Waals surface area contributed by atoms with Gasteiger partial charge in [0, 0.05) is 31.8 Å². The van der Waals surface area contributed by atoms with Crippen molar-refractivity contribution in [2.45, 2.75) is 33.2 Å². The number of carbonyl (C=O) groups excluding carboxylic acids is 2. The predicted molar refractivity (Wildman–Crippen MR) is 110 cm³/mol. The topological polar surface area (TPSA) is 64.7 Å². The first-order chi connectivity index (χ1) is 14.5. The summed E-state index contributed by atoms with van der Waals surface area (Å²) in [6, 6.07) is 10.0. The summed E-state index contributed by atoms with van der Waals surface area (Å²) in [6.45, 7) is 5.36. The van der Waals surface area contributed by atoms with E-state index in [0.29, 0.717) is 50.4 Å². The van der Waals surface area contributed by atoms with Crippen LogP contribution in [0.5, 0.6) is 0 Å². The van der Waals surface area contributed by atoms with Crippen molar-refractivity contribution < 1.29 is 23.1 Å². The van der Waals surface area contributed by atoms with Crippen molar-refractivity contribution in [3.8, 4) is 0 Å². The monoisotopic (exact) mass is 412 g/mol. The van der Waals surface area contributed by atoms with Gasteiger partial charge < -0.3 is 18.6 Å². The third kappa shape index (κ3) is 3.97. The number of hydrogen-bond acceptors (Lipinski definition) is 4. The van der Waals surface area contributed by atoms with Crippen molar-refractivity contribution in [2.75, 3.05) is 19.7 Å². The quantitative estimate of drug-likeness (QED) is 0.591. The molecule has 1 amide bonds. The molecule has 0 saturated carbocycles. The number of aromatic nitrogens is 1. The Kier molecular flexibility index (Phi) is 5.61. The van der Waals surface area contributed by atoms with E-state index in [1.807, 2.05) is 23.6 Å². The van der Waals surface area contributed by atoms with Crippen LogP contribution >= 0.6 is 0 Å². The van der Waals surface area contributed by atoms with Crippen LogP contribution in [0.1, 0.15) is 41.6 Å². The number of likely N-dealkylation sites (tertiary alicyclic amines) is 1. The molecule has 0 radical (unpaired) electrons. The number of fused-ring (bicyclic) bond motifs is 1. The maximum atomic E-state index is 13.7. The lowest BCUT2D eigenvalue weighted by Crippen LogP contribution is -2.41. The number of halogens is 1. The highest BCUT2D eigenvalue weighted by Gasteiger charge is 2.30. The molecular formula is C23H25FN2O4. The molecule has 158 valence electrons. The van der Waals surface area contributed by atoms with E-state index in [1.165, 1.54) is 12.1 Å². The van der Waals surface area contributed by atoms with Gasteiger partial charge in [0.15, 0.2) is 5.58 Å². The van der Waals surface area contributed by atoms with E-state index in [2.05, 4.69) is 0 Å². The number of esters is 1. The van der Waals surface area contributed by atoms with Crippen LogP contribution in [0, 0.1) is 18.7 Å². The van der Waals surface area contributed by atoms with E-state index in [-0.39, 0.29) is 23.6 Å². The van der Waals surface area contributed by atoms with Crippen molar-refractivity contribution >= 4 is 23.0 Å². The molecule has 3 aromatic rings. The summed E-state index contributed by atoms with van der Waals surface area (Å²) in [6.07, 6.45) is 1.18. The second-order valence-electron chi connectivity index (χ2n) is 7.67. The van der Waals surface area contributed by atoms with Crippen LogP contribution in [0.4, 0.5) is 4.39 Å². The fourth-order valence-corrected chi connectivity index (χ4v) is 4.07. The van der Waals surface area contributed by atoms with Gasteiger partial charge in [0.25, 0.3) is 5.91 Å². The lowest BCUT2D eigenvalue weighted by Gasteiger charge is -2.31. The molecule has 0 N–H and O–H groups in total. The van der Waals surface area contributed by atoms with Crippen LogP contribution in [-0.4, -0.2) is 41.0 Å². The largest absolute Gasteiger partial charge is 0.466 e. The summed E-state index contributed by atoms with van der Waals surface area (Å²) >= 11 is 0. The molecule has 0 atom stereocenters. The highest BCUT2D eigenvalue weighted by Crippen LogP contribution is 2.27. The van der Waals surface area contributed by atoms with Gasteiger partial charge >= 0.3 is 5.97 Å². The first kappa shape index (κ1) is 20.2. The summed E-state index contributed by atoms with van der Waals surface area (Å²) in [7, 11) is 0. The molecule has 1 aliphatic rings. The third-order valence-electron chi connectivity index (χ3n) is 5.56. The van der Waals surface area contributed by atoms with E-state index in [4.69, 9.17) is 9.15 Å². The van der Waals surface area contributed by atoms with E-state index in [9.17, 15) is 14.0 Å². The standard InChI is InChI=1S/C23H25FN2O4/c1-3-29-23(28)17-7-9-25(10-8-17)22(27)20-13-21-19(11-15(2)30-21)26(20)14-16-5-4-6-18(24)12-16/h4-6,11-13,17H,3,7-10,14H2,1-2H3. The van der Waals surface area contributed by atoms with Crippen molar-refractivity contribution in [3.63, 3.8) is 0 Å². The SMILES string of the molecule is CCOC(=O)C1CCN(C(=O)c2cc3oc(C)cc3n2Cc2cccc(F)c2)CC1. The highest BCUT2D eigenvalue weighted by molar-refractivity contribution is 5.98. The van der Waals surface area contributed by atoms with Crippen LogP contribution in [-0.2, 0) is 16.1 Å². The molecule has 30 heavy (non-hydrogen) atoms. The lowest BCUT2D eigenvalue weighted by molar-refractivity contribution is -0.149. The van der Waals surface area contributed by atoms with Crippen LogP contribution < -0.4 is 0 Å². The molecule has 6 nitrogen and oxygen atoms in total. The molecule has 0 spiro atoms. The summed E-state index contributed by atoms with van der Waals surface area (Å²) in [5.41, 5.74) is 2.71.